The third-order valence-corrected chi connectivity index (χ3v) is 6.29. The van der Waals surface area contributed by atoms with E-state index < -0.39 is 17.5 Å². The Morgan fingerprint density at radius 1 is 0.647 bits per heavy atom. The zero-order chi connectivity index (χ0) is 23.9. The molecule has 0 atom stereocenters. The highest BCUT2D eigenvalue weighted by Gasteiger charge is 2.38. The number of piperazine rings is 1. The number of Topliss-reactive ketones (excluding diaryl/α,β-unsaturated/α-hetero) is 2. The van der Waals surface area contributed by atoms with Crippen LogP contribution in [0.3, 0.4) is 0 Å². The molecule has 1 aliphatic carbocycles. The van der Waals surface area contributed by atoms with Crippen LogP contribution in [0.25, 0.3) is 5.57 Å². The quantitative estimate of drug-likeness (QED) is 0.529. The van der Waals surface area contributed by atoms with Crippen molar-refractivity contribution in [1.82, 2.24) is 4.90 Å². The molecule has 0 amide bonds. The molecule has 0 unspecified atom stereocenters. The molecule has 2 aliphatic rings. The largest absolute Gasteiger partial charge is 0.416 e. The van der Waals surface area contributed by atoms with Crippen LogP contribution in [0.5, 0.6) is 0 Å². The van der Waals surface area contributed by atoms with E-state index in [1.165, 1.54) is 12.1 Å². The summed E-state index contributed by atoms with van der Waals surface area (Å²) in [5.74, 6) is -0.772. The molecular weight excluding hydrogens is 441 g/mol. The first-order valence-electron chi connectivity index (χ1n) is 11.0. The number of halogens is 3. The number of hydrogen-bond donors (Lipinski definition) is 0. The van der Waals surface area contributed by atoms with E-state index in [0.717, 1.165) is 17.8 Å². The maximum atomic E-state index is 13.6. The lowest BCUT2D eigenvalue weighted by Crippen LogP contribution is -2.48. The number of nitrogens with zero attached hydrogens (tertiary/aromatic N) is 2. The average molecular weight is 462 g/mol. The number of benzene rings is 3. The van der Waals surface area contributed by atoms with E-state index in [9.17, 15) is 22.8 Å². The van der Waals surface area contributed by atoms with Gasteiger partial charge in [-0.25, -0.2) is 0 Å². The van der Waals surface area contributed by atoms with E-state index in [0.29, 0.717) is 26.2 Å². The molecule has 0 aromatic heterocycles. The Hall–Kier alpha value is -3.87. The molecule has 0 bridgehead atoms. The maximum absolute atomic E-state index is 13.6. The van der Waals surface area contributed by atoms with Crippen molar-refractivity contribution in [2.45, 2.75) is 6.18 Å². The third-order valence-electron chi connectivity index (χ3n) is 6.29. The van der Waals surface area contributed by atoms with E-state index in [2.05, 4.69) is 4.90 Å². The molecule has 1 saturated heterocycles. The molecule has 0 N–H and O–H groups in total. The first-order chi connectivity index (χ1) is 16.3. The minimum atomic E-state index is -4.56. The van der Waals surface area contributed by atoms with Gasteiger partial charge in [0, 0.05) is 43.0 Å². The average Bonchev–Trinajstić information content (AvgIpc) is 2.86. The van der Waals surface area contributed by atoms with Gasteiger partial charge in [0.25, 0.3) is 0 Å². The summed E-state index contributed by atoms with van der Waals surface area (Å²) >= 11 is 0. The van der Waals surface area contributed by atoms with E-state index in [1.807, 2.05) is 35.2 Å². The molecule has 4 nitrogen and oxygen atoms in total. The van der Waals surface area contributed by atoms with Gasteiger partial charge in [0.1, 0.15) is 0 Å². The fourth-order valence-electron chi connectivity index (χ4n) is 4.61. The molecule has 172 valence electrons. The van der Waals surface area contributed by atoms with Gasteiger partial charge in [0.15, 0.2) is 5.78 Å². The number of ketones is 2. The lowest BCUT2D eigenvalue weighted by molar-refractivity contribution is -0.137. The summed E-state index contributed by atoms with van der Waals surface area (Å²) in [7, 11) is 0. The number of para-hydroxylation sites is 1. The van der Waals surface area contributed by atoms with Crippen LogP contribution in [0.1, 0.15) is 31.8 Å². The summed E-state index contributed by atoms with van der Waals surface area (Å²) in [5, 5.41) is 0. The number of allylic oxidation sites excluding steroid dienone is 2. The predicted molar refractivity (Wildman–Crippen MR) is 124 cm³/mol. The summed E-state index contributed by atoms with van der Waals surface area (Å²) in [6.07, 6.45) is -4.56. The van der Waals surface area contributed by atoms with E-state index in [-0.39, 0.29) is 33.7 Å². The van der Waals surface area contributed by atoms with Crippen molar-refractivity contribution in [3.05, 3.63) is 107 Å². The van der Waals surface area contributed by atoms with Gasteiger partial charge in [-0.15, -0.1) is 0 Å². The minimum absolute atomic E-state index is 0.0305. The van der Waals surface area contributed by atoms with Crippen molar-refractivity contribution in [3.8, 4) is 0 Å². The van der Waals surface area contributed by atoms with Crippen molar-refractivity contribution in [2.75, 3.05) is 31.1 Å². The highest BCUT2D eigenvalue weighted by Crippen LogP contribution is 2.37. The molecular formula is C27H21F3N2O2. The smallest absolute Gasteiger partial charge is 0.368 e. The van der Waals surface area contributed by atoms with Crippen molar-refractivity contribution in [2.24, 2.45) is 0 Å². The van der Waals surface area contributed by atoms with Crippen molar-refractivity contribution >= 4 is 22.8 Å². The molecule has 0 radical (unpaired) electrons. The van der Waals surface area contributed by atoms with Crippen LogP contribution in [-0.4, -0.2) is 42.6 Å². The van der Waals surface area contributed by atoms with Crippen LogP contribution in [0.2, 0.25) is 0 Å². The molecule has 3 aromatic rings. The number of hydrogen-bond acceptors (Lipinski definition) is 4. The van der Waals surface area contributed by atoms with E-state index in [4.69, 9.17) is 0 Å². The molecule has 1 aliphatic heterocycles. The second-order valence-corrected chi connectivity index (χ2v) is 8.32. The van der Waals surface area contributed by atoms with Gasteiger partial charge in [-0.1, -0.05) is 54.6 Å². The Labute approximate surface area is 194 Å². The fourth-order valence-corrected chi connectivity index (χ4v) is 4.61. The molecule has 3 aromatic carbocycles. The van der Waals surface area contributed by atoms with Gasteiger partial charge in [-0.3, -0.25) is 9.59 Å². The number of carbonyl (C=O) groups excluding carboxylic acids is 2. The molecule has 7 heteroatoms. The van der Waals surface area contributed by atoms with Gasteiger partial charge < -0.3 is 9.80 Å². The topological polar surface area (TPSA) is 40.6 Å². The van der Waals surface area contributed by atoms with E-state index >= 15 is 0 Å². The number of anilines is 1. The van der Waals surface area contributed by atoms with Crippen molar-refractivity contribution in [3.63, 3.8) is 0 Å². The zero-order valence-electron chi connectivity index (χ0n) is 18.2. The highest BCUT2D eigenvalue weighted by atomic mass is 19.4. The lowest BCUT2D eigenvalue weighted by Gasteiger charge is -2.39. The van der Waals surface area contributed by atoms with Crippen molar-refractivity contribution in [1.29, 1.82) is 0 Å². The molecule has 5 rings (SSSR count). The zero-order valence-corrected chi connectivity index (χ0v) is 18.2. The summed E-state index contributed by atoms with van der Waals surface area (Å²) in [6, 6.07) is 21.0. The minimum Gasteiger partial charge on any atom is -0.368 e. The molecule has 34 heavy (non-hydrogen) atoms. The number of carbonyl (C=O) groups is 2. The normalized spacial score (nSPS) is 16.7. The maximum Gasteiger partial charge on any atom is 0.416 e. The second kappa shape index (κ2) is 8.48. The molecule has 1 fully saturated rings. The summed E-state index contributed by atoms with van der Waals surface area (Å²) in [6.45, 7) is 2.17. The van der Waals surface area contributed by atoms with E-state index in [1.54, 1.807) is 24.3 Å². The summed E-state index contributed by atoms with van der Waals surface area (Å²) in [4.78, 5) is 31.1. The standard InChI is InChI=1S/C27H21F3N2O2/c28-27(29,30)19-8-6-7-18(17-19)23-24(26(34)22-12-5-4-11-21(22)25(23)33)32-15-13-31(14-16-32)20-9-2-1-3-10-20/h1-12,17H,13-16H2. The first kappa shape index (κ1) is 21.9. The molecule has 1 heterocycles. The van der Waals surface area contributed by atoms with Crippen LogP contribution < -0.4 is 4.90 Å². The van der Waals surface area contributed by atoms with Gasteiger partial charge in [0.05, 0.1) is 16.8 Å². The summed E-state index contributed by atoms with van der Waals surface area (Å²) < 4.78 is 40.3. The Kier molecular flexibility index (Phi) is 5.48. The monoisotopic (exact) mass is 462 g/mol. The van der Waals surface area contributed by atoms with Gasteiger partial charge in [0.2, 0.25) is 5.78 Å². The number of fused-ring (bicyclic) bond motifs is 1. The van der Waals surface area contributed by atoms with Crippen molar-refractivity contribution < 1.29 is 22.8 Å². The molecule has 0 spiro atoms. The number of alkyl halides is 3. The third kappa shape index (κ3) is 3.87. The van der Waals surface area contributed by atoms with Crippen LogP contribution in [0.15, 0.2) is 84.6 Å². The predicted octanol–water partition coefficient (Wildman–Crippen LogP) is 5.32. The fraction of sp³-hybridized carbons (Fsp3) is 0.185. The van der Waals surface area contributed by atoms with Crippen LogP contribution in [0, 0.1) is 0 Å². The number of rotatable bonds is 3. The van der Waals surface area contributed by atoms with Gasteiger partial charge in [-0.2, -0.15) is 13.2 Å². The van der Waals surface area contributed by atoms with Crippen LogP contribution >= 0.6 is 0 Å². The Morgan fingerprint density at radius 3 is 1.88 bits per heavy atom. The summed E-state index contributed by atoms with van der Waals surface area (Å²) in [5.41, 5.74) is 1.01. The van der Waals surface area contributed by atoms with Crippen LogP contribution in [-0.2, 0) is 6.18 Å². The van der Waals surface area contributed by atoms with Crippen LogP contribution in [0.4, 0.5) is 18.9 Å². The second-order valence-electron chi connectivity index (χ2n) is 8.32. The lowest BCUT2D eigenvalue weighted by atomic mass is 9.83. The van der Waals surface area contributed by atoms with Gasteiger partial charge in [-0.05, 0) is 29.8 Å². The first-order valence-corrected chi connectivity index (χ1v) is 11.0. The Balaban J connectivity index is 1.58. The Bertz CT molecular complexity index is 1290. The highest BCUT2D eigenvalue weighted by molar-refractivity contribution is 6.40. The van der Waals surface area contributed by atoms with Gasteiger partial charge >= 0.3 is 6.18 Å². The molecule has 0 saturated carbocycles. The Morgan fingerprint density at radius 2 is 1.24 bits per heavy atom. The SMILES string of the molecule is O=C1C(c2cccc(C(F)(F)F)c2)=C(N2CCN(c3ccccc3)CC2)C(=O)c2ccccc21.